The fourth-order valence-corrected chi connectivity index (χ4v) is 3.41. The summed E-state index contributed by atoms with van der Waals surface area (Å²) < 4.78 is 11.2. The van der Waals surface area contributed by atoms with Gasteiger partial charge in [-0.15, -0.1) is 0 Å². The van der Waals surface area contributed by atoms with Crippen molar-refractivity contribution in [2.24, 2.45) is 5.10 Å². The van der Waals surface area contributed by atoms with Crippen molar-refractivity contribution in [2.75, 3.05) is 0 Å². The maximum absolute atomic E-state index is 12.6. The van der Waals surface area contributed by atoms with Crippen molar-refractivity contribution >= 4 is 17.6 Å². The molecule has 2 aromatic carbocycles. The molecule has 0 fully saturated rings. The number of hydrogen-bond donors (Lipinski definition) is 2. The third-order valence-electron chi connectivity index (χ3n) is 4.89. The number of aromatic hydroxyl groups is 1. The summed E-state index contributed by atoms with van der Waals surface area (Å²) in [7, 11) is 0. The molecule has 0 bridgehead atoms. The first-order chi connectivity index (χ1) is 14.5. The monoisotopic (exact) mass is 404 g/mol. The minimum Gasteiger partial charge on any atom is -0.508 e. The van der Waals surface area contributed by atoms with Crippen LogP contribution in [-0.2, 0) is 6.42 Å². The highest BCUT2D eigenvalue weighted by atomic mass is 16.5. The van der Waals surface area contributed by atoms with Crippen LogP contribution in [0.25, 0.3) is 0 Å². The van der Waals surface area contributed by atoms with Crippen molar-refractivity contribution in [3.05, 3.63) is 82.8 Å². The number of furan rings is 1. The minimum atomic E-state index is -0.569. The molecule has 2 N–H and O–H groups in total. The number of hydrogen-bond acceptors (Lipinski definition) is 6. The van der Waals surface area contributed by atoms with E-state index in [9.17, 15) is 14.7 Å². The van der Waals surface area contributed by atoms with Gasteiger partial charge in [0.05, 0.1) is 5.71 Å². The molecule has 0 aliphatic heterocycles. The molecule has 0 radical (unpaired) electrons. The standard InChI is InChI=1S/C23H20N2O5/c1-14-20-18(24-25-22(27)15-10-12-16(26)13-11-15)8-5-9-19(20)30-21(14)23(28)29-17-6-3-2-4-7-17/h2-4,6-7,10-13,26H,5,8-9H2,1H3,(H,25,27)/b24-18+. The van der Waals surface area contributed by atoms with E-state index in [1.165, 1.54) is 24.3 Å². The number of para-hydroxylation sites is 1. The Morgan fingerprint density at radius 1 is 1.07 bits per heavy atom. The van der Waals surface area contributed by atoms with E-state index >= 15 is 0 Å². The normalized spacial score (nSPS) is 14.2. The second-order valence-electron chi connectivity index (χ2n) is 6.96. The Balaban J connectivity index is 1.56. The molecule has 7 heteroatoms. The van der Waals surface area contributed by atoms with E-state index in [0.717, 1.165) is 12.0 Å². The Morgan fingerprint density at radius 2 is 1.80 bits per heavy atom. The minimum absolute atomic E-state index is 0.0822. The molecule has 30 heavy (non-hydrogen) atoms. The largest absolute Gasteiger partial charge is 0.508 e. The maximum atomic E-state index is 12.6. The van der Waals surface area contributed by atoms with Gasteiger partial charge < -0.3 is 14.3 Å². The van der Waals surface area contributed by atoms with E-state index in [1.54, 1.807) is 31.2 Å². The van der Waals surface area contributed by atoms with Crippen LogP contribution in [0, 0.1) is 6.92 Å². The first-order valence-corrected chi connectivity index (χ1v) is 9.58. The van der Waals surface area contributed by atoms with Crippen LogP contribution in [0.1, 0.15) is 50.6 Å². The third-order valence-corrected chi connectivity index (χ3v) is 4.89. The highest BCUT2D eigenvalue weighted by Crippen LogP contribution is 2.30. The number of fused-ring (bicyclic) bond motifs is 1. The van der Waals surface area contributed by atoms with Crippen molar-refractivity contribution in [3.63, 3.8) is 0 Å². The molecule has 1 aliphatic carbocycles. The molecule has 0 saturated carbocycles. The number of ether oxygens (including phenoxy) is 1. The zero-order chi connectivity index (χ0) is 21.1. The highest BCUT2D eigenvalue weighted by Gasteiger charge is 2.29. The molecule has 152 valence electrons. The molecule has 0 unspecified atom stereocenters. The van der Waals surface area contributed by atoms with Gasteiger partial charge in [-0.2, -0.15) is 5.10 Å². The fraction of sp³-hybridized carbons (Fsp3) is 0.174. The number of carbonyl (C=O) groups is 2. The molecular formula is C23H20N2O5. The highest BCUT2D eigenvalue weighted by molar-refractivity contribution is 6.06. The summed E-state index contributed by atoms with van der Waals surface area (Å²) >= 11 is 0. The molecule has 0 saturated heterocycles. The lowest BCUT2D eigenvalue weighted by Gasteiger charge is -2.13. The SMILES string of the molecule is Cc1c(C(=O)Oc2ccccc2)oc2c1/C(=N/NC(=O)c1ccc(O)cc1)CCC2. The van der Waals surface area contributed by atoms with Gasteiger partial charge in [-0.25, -0.2) is 10.2 Å². The van der Waals surface area contributed by atoms with Crippen molar-refractivity contribution in [3.8, 4) is 11.5 Å². The van der Waals surface area contributed by atoms with Gasteiger partial charge in [-0.1, -0.05) is 18.2 Å². The lowest BCUT2D eigenvalue weighted by atomic mass is 9.93. The number of nitrogens with zero attached hydrogens (tertiary/aromatic N) is 1. The molecular weight excluding hydrogens is 384 g/mol. The Morgan fingerprint density at radius 3 is 2.53 bits per heavy atom. The molecule has 1 aliphatic rings. The molecule has 1 heterocycles. The number of phenolic OH excluding ortho intramolecular Hbond substituents is 1. The van der Waals surface area contributed by atoms with Crippen LogP contribution < -0.4 is 10.2 Å². The predicted octanol–water partition coefficient (Wildman–Crippen LogP) is 3.98. The second kappa shape index (κ2) is 8.24. The van der Waals surface area contributed by atoms with Crippen LogP contribution in [0.3, 0.4) is 0 Å². The predicted molar refractivity (Wildman–Crippen MR) is 110 cm³/mol. The fourth-order valence-electron chi connectivity index (χ4n) is 3.41. The summed E-state index contributed by atoms with van der Waals surface area (Å²) in [6, 6.07) is 14.7. The van der Waals surface area contributed by atoms with E-state index in [-0.39, 0.29) is 17.4 Å². The Bertz CT molecular complexity index is 1110. The van der Waals surface area contributed by atoms with Crippen molar-refractivity contribution in [1.82, 2.24) is 5.43 Å². The van der Waals surface area contributed by atoms with E-state index in [1.807, 2.05) is 6.07 Å². The van der Waals surface area contributed by atoms with E-state index in [0.29, 0.717) is 41.2 Å². The summed E-state index contributed by atoms with van der Waals surface area (Å²) in [6.45, 7) is 1.78. The van der Waals surface area contributed by atoms with Gasteiger partial charge in [0.1, 0.15) is 17.3 Å². The quantitative estimate of drug-likeness (QED) is 0.389. The summed E-state index contributed by atoms with van der Waals surface area (Å²) in [5.74, 6) is 0.366. The van der Waals surface area contributed by atoms with Crippen molar-refractivity contribution in [2.45, 2.75) is 26.2 Å². The Kier molecular flexibility index (Phi) is 5.34. The molecule has 0 atom stereocenters. The average molecular weight is 404 g/mol. The number of carbonyl (C=O) groups excluding carboxylic acids is 2. The van der Waals surface area contributed by atoms with Gasteiger partial charge in [0.25, 0.3) is 5.91 Å². The number of nitrogens with one attached hydrogen (secondary N) is 1. The molecule has 3 aromatic rings. The summed E-state index contributed by atoms with van der Waals surface area (Å²) in [4.78, 5) is 24.9. The van der Waals surface area contributed by atoms with Gasteiger partial charge in [0, 0.05) is 23.1 Å². The lowest BCUT2D eigenvalue weighted by Crippen LogP contribution is -2.22. The number of amides is 1. The van der Waals surface area contributed by atoms with Crippen LogP contribution in [0.5, 0.6) is 11.5 Å². The van der Waals surface area contributed by atoms with Gasteiger partial charge in [-0.05, 0) is 56.2 Å². The van der Waals surface area contributed by atoms with E-state index in [4.69, 9.17) is 9.15 Å². The van der Waals surface area contributed by atoms with Gasteiger partial charge >= 0.3 is 5.97 Å². The Hall–Kier alpha value is -3.87. The van der Waals surface area contributed by atoms with E-state index < -0.39 is 5.97 Å². The summed E-state index contributed by atoms with van der Waals surface area (Å²) in [5.41, 5.74) is 4.96. The molecule has 7 nitrogen and oxygen atoms in total. The molecule has 4 rings (SSSR count). The maximum Gasteiger partial charge on any atom is 0.379 e. The summed E-state index contributed by atoms with van der Waals surface area (Å²) in [5, 5.41) is 13.6. The van der Waals surface area contributed by atoms with Crippen LogP contribution in [-0.4, -0.2) is 22.7 Å². The number of hydrazone groups is 1. The number of rotatable bonds is 4. The van der Waals surface area contributed by atoms with E-state index in [2.05, 4.69) is 10.5 Å². The van der Waals surface area contributed by atoms with Gasteiger partial charge in [0.2, 0.25) is 5.76 Å². The molecule has 1 amide bonds. The van der Waals surface area contributed by atoms with Crippen LogP contribution in [0.2, 0.25) is 0 Å². The van der Waals surface area contributed by atoms with Crippen LogP contribution in [0.15, 0.2) is 64.1 Å². The summed E-state index contributed by atoms with van der Waals surface area (Å²) in [6.07, 6.45) is 2.12. The van der Waals surface area contributed by atoms with Gasteiger partial charge in [0.15, 0.2) is 0 Å². The second-order valence-corrected chi connectivity index (χ2v) is 6.96. The first kappa shape index (κ1) is 19.4. The lowest BCUT2D eigenvalue weighted by molar-refractivity contribution is 0.0698. The van der Waals surface area contributed by atoms with Crippen LogP contribution >= 0.6 is 0 Å². The van der Waals surface area contributed by atoms with Gasteiger partial charge in [-0.3, -0.25) is 4.79 Å². The van der Waals surface area contributed by atoms with Crippen molar-refractivity contribution in [1.29, 1.82) is 0 Å². The topological polar surface area (TPSA) is 101 Å². The Labute approximate surface area is 173 Å². The zero-order valence-electron chi connectivity index (χ0n) is 16.3. The van der Waals surface area contributed by atoms with Crippen molar-refractivity contribution < 1.29 is 23.8 Å². The first-order valence-electron chi connectivity index (χ1n) is 9.58. The number of esters is 1. The molecule has 0 spiro atoms. The third kappa shape index (κ3) is 3.96. The number of aryl methyl sites for hydroxylation is 1. The zero-order valence-corrected chi connectivity index (χ0v) is 16.3. The number of benzene rings is 2. The smallest absolute Gasteiger partial charge is 0.379 e. The number of phenols is 1. The average Bonchev–Trinajstić information content (AvgIpc) is 3.10. The molecule has 1 aromatic heterocycles. The van der Waals surface area contributed by atoms with Crippen LogP contribution in [0.4, 0.5) is 0 Å².